The van der Waals surface area contributed by atoms with Crippen molar-refractivity contribution in [3.8, 4) is 0 Å². The average Bonchev–Trinajstić information content (AvgIpc) is 2.75. The first-order valence-corrected chi connectivity index (χ1v) is 12.6. The van der Waals surface area contributed by atoms with Crippen molar-refractivity contribution < 1.29 is 19.1 Å². The lowest BCUT2D eigenvalue weighted by atomic mass is 9.96. The van der Waals surface area contributed by atoms with Crippen LogP contribution in [0.1, 0.15) is 81.1 Å². The molecule has 1 saturated heterocycles. The highest BCUT2D eigenvalue weighted by Gasteiger charge is 2.35. The van der Waals surface area contributed by atoms with E-state index in [0.29, 0.717) is 18.6 Å². The molecule has 2 unspecified atom stereocenters. The van der Waals surface area contributed by atoms with Crippen LogP contribution < -0.4 is 5.32 Å². The minimum atomic E-state index is -0.601. The summed E-state index contributed by atoms with van der Waals surface area (Å²) >= 11 is 0. The summed E-state index contributed by atoms with van der Waals surface area (Å²) in [6.45, 7) is 17.1. The molecule has 190 valence electrons. The summed E-state index contributed by atoms with van der Waals surface area (Å²) in [6, 6.07) is -0.797. The summed E-state index contributed by atoms with van der Waals surface area (Å²) in [5.41, 5.74) is 0.481. The van der Waals surface area contributed by atoms with Gasteiger partial charge in [0.15, 0.2) is 0 Å². The molecule has 1 aliphatic heterocycles. The molecule has 1 heterocycles. The van der Waals surface area contributed by atoms with Gasteiger partial charge in [-0.05, 0) is 65.3 Å². The van der Waals surface area contributed by atoms with Crippen molar-refractivity contribution in [2.75, 3.05) is 20.2 Å². The second kappa shape index (κ2) is 13.7. The van der Waals surface area contributed by atoms with Gasteiger partial charge in [0.05, 0.1) is 18.7 Å². The van der Waals surface area contributed by atoms with Crippen LogP contribution in [0.25, 0.3) is 0 Å². The highest BCUT2D eigenvalue weighted by molar-refractivity contribution is 5.90. The third-order valence-corrected chi connectivity index (χ3v) is 6.33. The van der Waals surface area contributed by atoms with E-state index in [2.05, 4.69) is 37.9 Å². The van der Waals surface area contributed by atoms with Crippen molar-refractivity contribution in [1.82, 2.24) is 15.1 Å². The molecule has 1 rings (SSSR count). The Balaban J connectivity index is 3.09. The molecule has 0 aromatic heterocycles. The Hall–Kier alpha value is -1.89. The van der Waals surface area contributed by atoms with Crippen molar-refractivity contribution in [3.05, 3.63) is 11.6 Å². The van der Waals surface area contributed by atoms with E-state index in [9.17, 15) is 14.4 Å². The number of rotatable bonds is 11. The summed E-state index contributed by atoms with van der Waals surface area (Å²) in [7, 11) is 1.75. The maximum atomic E-state index is 13.6. The van der Waals surface area contributed by atoms with Crippen LogP contribution in [0.4, 0.5) is 0 Å². The van der Waals surface area contributed by atoms with Crippen molar-refractivity contribution >= 4 is 17.8 Å². The van der Waals surface area contributed by atoms with Gasteiger partial charge in [0, 0.05) is 18.7 Å². The first-order chi connectivity index (χ1) is 15.4. The molecule has 0 saturated carbocycles. The number of piperidine rings is 1. The first kappa shape index (κ1) is 29.1. The minimum absolute atomic E-state index is 0.0601. The van der Waals surface area contributed by atoms with Crippen LogP contribution in [0, 0.1) is 11.8 Å². The van der Waals surface area contributed by atoms with Gasteiger partial charge in [-0.3, -0.25) is 14.5 Å². The van der Waals surface area contributed by atoms with Crippen LogP contribution >= 0.6 is 0 Å². The van der Waals surface area contributed by atoms with E-state index in [-0.39, 0.29) is 47.7 Å². The van der Waals surface area contributed by atoms with Gasteiger partial charge in [-0.15, -0.1) is 0 Å². The van der Waals surface area contributed by atoms with Crippen molar-refractivity contribution in [2.24, 2.45) is 11.8 Å². The smallest absolute Gasteiger partial charge is 0.333 e. The highest BCUT2D eigenvalue weighted by atomic mass is 16.5. The average molecular weight is 466 g/mol. The van der Waals surface area contributed by atoms with Gasteiger partial charge in [0.2, 0.25) is 11.8 Å². The summed E-state index contributed by atoms with van der Waals surface area (Å²) in [5, 5.41) is 3.09. The van der Waals surface area contributed by atoms with Crippen LogP contribution in [0.15, 0.2) is 11.6 Å². The molecule has 7 nitrogen and oxygen atoms in total. The largest absolute Gasteiger partial charge is 0.463 e. The van der Waals surface area contributed by atoms with E-state index in [1.165, 1.54) is 0 Å². The number of carbonyl (C=O) groups excluding carboxylic acids is 3. The van der Waals surface area contributed by atoms with Gasteiger partial charge in [-0.2, -0.15) is 0 Å². The Kier molecular flexibility index (Phi) is 12.1. The summed E-state index contributed by atoms with van der Waals surface area (Å²) in [5.74, 6) is -0.226. The fraction of sp³-hybridized carbons (Fsp3) is 0.808. The molecule has 1 fully saturated rings. The number of amides is 2. The zero-order valence-corrected chi connectivity index (χ0v) is 22.3. The Morgan fingerprint density at radius 2 is 1.76 bits per heavy atom. The molecule has 1 aliphatic rings. The number of ether oxygens (including phenoxy) is 1. The van der Waals surface area contributed by atoms with Gasteiger partial charge < -0.3 is 15.0 Å². The highest BCUT2D eigenvalue weighted by Crippen LogP contribution is 2.21. The fourth-order valence-electron chi connectivity index (χ4n) is 4.53. The second-order valence-corrected chi connectivity index (χ2v) is 10.3. The molecule has 0 aromatic carbocycles. The zero-order valence-electron chi connectivity index (χ0n) is 22.3. The van der Waals surface area contributed by atoms with Crippen LogP contribution in [0.5, 0.6) is 0 Å². The Labute approximate surface area is 201 Å². The van der Waals surface area contributed by atoms with Crippen molar-refractivity contribution in [3.63, 3.8) is 0 Å². The molecule has 3 atom stereocenters. The number of esters is 1. The number of likely N-dealkylation sites (tertiary alicyclic amines) is 1. The van der Waals surface area contributed by atoms with Gasteiger partial charge in [0.25, 0.3) is 0 Å². The quantitative estimate of drug-likeness (QED) is 0.371. The summed E-state index contributed by atoms with van der Waals surface area (Å²) in [4.78, 5) is 42.9. The first-order valence-electron chi connectivity index (χ1n) is 12.6. The second-order valence-electron chi connectivity index (χ2n) is 10.3. The summed E-state index contributed by atoms with van der Waals surface area (Å²) < 4.78 is 5.10. The molecular formula is C26H47N3O4. The van der Waals surface area contributed by atoms with E-state index in [1.54, 1.807) is 31.9 Å². The predicted octanol–water partition coefficient (Wildman–Crippen LogP) is 3.77. The van der Waals surface area contributed by atoms with Crippen molar-refractivity contribution in [1.29, 1.82) is 0 Å². The number of hydrogen-bond acceptors (Lipinski definition) is 5. The molecule has 1 N–H and O–H groups in total. The molecule has 0 aromatic rings. The SMILES string of the molecule is CCOC(=O)/C(C)=C/[C@H](C(C)C)N(C)C(=O)C(CC(C)C)NC(=O)C1CCCCN1C(C)C. The van der Waals surface area contributed by atoms with E-state index in [4.69, 9.17) is 4.74 Å². The molecular weight excluding hydrogens is 418 g/mol. The lowest BCUT2D eigenvalue weighted by molar-refractivity contribution is -0.140. The molecule has 0 spiro atoms. The normalized spacial score (nSPS) is 19.5. The Morgan fingerprint density at radius 3 is 2.27 bits per heavy atom. The van der Waals surface area contributed by atoms with Crippen LogP contribution in [-0.4, -0.2) is 72.0 Å². The fourth-order valence-corrected chi connectivity index (χ4v) is 4.53. The Bertz CT molecular complexity index is 687. The Morgan fingerprint density at radius 1 is 1.12 bits per heavy atom. The third-order valence-electron chi connectivity index (χ3n) is 6.33. The number of nitrogens with one attached hydrogen (secondary N) is 1. The maximum absolute atomic E-state index is 13.6. The van der Waals surface area contributed by atoms with E-state index in [0.717, 1.165) is 25.8 Å². The molecule has 0 aliphatic carbocycles. The minimum Gasteiger partial charge on any atom is -0.463 e. The molecule has 7 heteroatoms. The molecule has 2 amide bonds. The number of hydrogen-bond donors (Lipinski definition) is 1. The van der Waals surface area contributed by atoms with Crippen LogP contribution in [0.2, 0.25) is 0 Å². The number of likely N-dealkylation sites (N-methyl/N-ethyl adjacent to an activating group) is 1. The number of nitrogens with zero attached hydrogens (tertiary/aromatic N) is 2. The zero-order chi connectivity index (χ0) is 25.3. The van der Waals surface area contributed by atoms with Crippen molar-refractivity contribution in [2.45, 2.75) is 105 Å². The maximum Gasteiger partial charge on any atom is 0.333 e. The summed E-state index contributed by atoms with van der Waals surface area (Å²) in [6.07, 6.45) is 5.31. The van der Waals surface area contributed by atoms with E-state index < -0.39 is 6.04 Å². The van der Waals surface area contributed by atoms with Crippen LogP contribution in [-0.2, 0) is 19.1 Å². The predicted molar refractivity (Wildman–Crippen MR) is 133 cm³/mol. The lowest BCUT2D eigenvalue weighted by Gasteiger charge is -2.39. The topological polar surface area (TPSA) is 79.0 Å². The third kappa shape index (κ3) is 8.76. The van der Waals surface area contributed by atoms with Gasteiger partial charge >= 0.3 is 5.97 Å². The molecule has 0 bridgehead atoms. The van der Waals surface area contributed by atoms with Gasteiger partial charge in [-0.1, -0.05) is 40.2 Å². The standard InChI is InChI=1S/C26H47N3O4/c1-10-33-26(32)20(8)16-23(18(4)5)28(9)25(31)21(15-17(2)3)27-24(30)22-13-11-12-14-29(22)19(6)7/h16-19,21-23H,10-15H2,1-9H3,(H,27,30)/b20-16+/t21?,22?,23-/m1/s1. The van der Waals surface area contributed by atoms with Crippen LogP contribution in [0.3, 0.4) is 0 Å². The monoisotopic (exact) mass is 465 g/mol. The molecule has 0 radical (unpaired) electrons. The van der Waals surface area contributed by atoms with Gasteiger partial charge in [0.1, 0.15) is 6.04 Å². The number of carbonyl (C=O) groups is 3. The molecule has 33 heavy (non-hydrogen) atoms. The van der Waals surface area contributed by atoms with Gasteiger partial charge in [-0.25, -0.2) is 4.79 Å². The lowest BCUT2D eigenvalue weighted by Crippen LogP contribution is -2.57. The van der Waals surface area contributed by atoms with E-state index in [1.807, 2.05) is 13.8 Å². The van der Waals surface area contributed by atoms with E-state index >= 15 is 0 Å².